The van der Waals surface area contributed by atoms with Crippen molar-refractivity contribution >= 4 is 33.2 Å². The van der Waals surface area contributed by atoms with Gasteiger partial charge in [-0.3, -0.25) is 0 Å². The first-order chi connectivity index (χ1) is 15.3. The van der Waals surface area contributed by atoms with E-state index in [1.165, 1.54) is 23.6 Å². The number of halogens is 2. The van der Waals surface area contributed by atoms with E-state index in [0.717, 1.165) is 23.3 Å². The number of aryl methyl sites for hydroxylation is 1. The zero-order chi connectivity index (χ0) is 22.8. The molecule has 0 spiro atoms. The molecule has 9 heteroatoms. The molecule has 2 aromatic heterocycles. The minimum absolute atomic E-state index is 0.0649. The Hall–Kier alpha value is -3.72. The maximum Gasteiger partial charge on any atom is 0.338 e. The van der Waals surface area contributed by atoms with Crippen LogP contribution in [0.1, 0.15) is 27.0 Å². The van der Waals surface area contributed by atoms with Gasteiger partial charge in [0.2, 0.25) is 0 Å². The number of carboxylic acids is 1. The molecule has 164 valence electrons. The summed E-state index contributed by atoms with van der Waals surface area (Å²) in [4.78, 5) is 15.4. The summed E-state index contributed by atoms with van der Waals surface area (Å²) in [6.07, 6.45) is 1.25. The maximum atomic E-state index is 13.4. The number of thiophene rings is 1. The topological polar surface area (TPSA) is 94.7 Å². The van der Waals surface area contributed by atoms with Crippen LogP contribution in [-0.4, -0.2) is 16.1 Å². The summed E-state index contributed by atoms with van der Waals surface area (Å²) in [7, 11) is 0. The van der Waals surface area contributed by atoms with Gasteiger partial charge in [0.1, 0.15) is 30.5 Å². The standard InChI is InChI=1S/C23H18F2N2O4S/c1-12-4-15(30-9-13-2-3-18(24)19(25)6-13)7-16(5-12)31-10-14-11-32-21-17(23(28)29)8-27-22(26)20(14)21/h2-8,11H,9-10H2,1H3,(H2,26,27)(H,28,29). The Kier molecular flexibility index (Phi) is 5.91. The fourth-order valence-corrected chi connectivity index (χ4v) is 4.29. The quantitative estimate of drug-likeness (QED) is 0.391. The molecule has 2 heterocycles. The van der Waals surface area contributed by atoms with Crippen molar-refractivity contribution in [3.05, 3.63) is 81.9 Å². The Morgan fingerprint density at radius 1 is 1.09 bits per heavy atom. The maximum absolute atomic E-state index is 13.4. The van der Waals surface area contributed by atoms with E-state index in [1.54, 1.807) is 17.5 Å². The molecule has 0 bridgehead atoms. The third kappa shape index (κ3) is 4.47. The van der Waals surface area contributed by atoms with Gasteiger partial charge < -0.3 is 20.3 Å². The van der Waals surface area contributed by atoms with Crippen LogP contribution in [0.25, 0.3) is 10.1 Å². The zero-order valence-corrected chi connectivity index (χ0v) is 17.7. The molecule has 0 aliphatic heterocycles. The summed E-state index contributed by atoms with van der Waals surface area (Å²) in [5.74, 6) is -1.63. The first kappa shape index (κ1) is 21.5. The number of rotatable bonds is 7. The number of nitrogen functional groups attached to an aromatic ring is 1. The van der Waals surface area contributed by atoms with E-state index in [-0.39, 0.29) is 24.6 Å². The molecule has 2 aromatic carbocycles. The minimum atomic E-state index is -1.07. The van der Waals surface area contributed by atoms with Crippen LogP contribution in [0.2, 0.25) is 0 Å². The van der Waals surface area contributed by atoms with Gasteiger partial charge in [-0.25, -0.2) is 18.6 Å². The number of aromatic carboxylic acids is 1. The highest BCUT2D eigenvalue weighted by Gasteiger charge is 2.17. The molecule has 0 saturated heterocycles. The molecule has 4 aromatic rings. The van der Waals surface area contributed by atoms with E-state index in [0.29, 0.717) is 27.1 Å². The molecule has 32 heavy (non-hydrogen) atoms. The number of carboxylic acid groups (broad SMARTS) is 1. The van der Waals surface area contributed by atoms with Gasteiger partial charge in [-0.2, -0.15) is 0 Å². The molecule has 0 amide bonds. The molecule has 0 aliphatic carbocycles. The van der Waals surface area contributed by atoms with Crippen LogP contribution in [0, 0.1) is 18.6 Å². The smallest absolute Gasteiger partial charge is 0.338 e. The molecule has 3 N–H and O–H groups in total. The molecular weight excluding hydrogens is 438 g/mol. The number of hydrogen-bond donors (Lipinski definition) is 2. The van der Waals surface area contributed by atoms with Gasteiger partial charge in [-0.05, 0) is 47.7 Å². The number of aromatic nitrogens is 1. The first-order valence-electron chi connectivity index (χ1n) is 9.51. The van der Waals surface area contributed by atoms with E-state index in [2.05, 4.69) is 4.98 Å². The second-order valence-corrected chi connectivity index (χ2v) is 8.01. The van der Waals surface area contributed by atoms with E-state index in [9.17, 15) is 18.7 Å². The van der Waals surface area contributed by atoms with Crippen molar-refractivity contribution in [3.8, 4) is 11.5 Å². The SMILES string of the molecule is Cc1cc(OCc2ccc(F)c(F)c2)cc(OCc2csc3c(C(=O)O)cnc(N)c23)c1. The molecule has 0 aliphatic rings. The average molecular weight is 456 g/mol. The molecule has 0 fully saturated rings. The fourth-order valence-electron chi connectivity index (χ4n) is 3.23. The van der Waals surface area contributed by atoms with Crippen LogP contribution in [-0.2, 0) is 13.2 Å². The van der Waals surface area contributed by atoms with Crippen molar-refractivity contribution in [2.75, 3.05) is 5.73 Å². The van der Waals surface area contributed by atoms with E-state index < -0.39 is 17.6 Å². The molecule has 0 radical (unpaired) electrons. The predicted octanol–water partition coefficient (Wildman–Crippen LogP) is 5.32. The van der Waals surface area contributed by atoms with Gasteiger partial charge in [0.05, 0.1) is 10.3 Å². The molecule has 0 atom stereocenters. The number of ether oxygens (including phenoxy) is 2. The highest BCUT2D eigenvalue weighted by Crippen LogP contribution is 2.33. The summed E-state index contributed by atoms with van der Waals surface area (Å²) in [6, 6.07) is 8.91. The second kappa shape index (κ2) is 8.80. The number of fused-ring (bicyclic) bond motifs is 1. The molecule has 4 rings (SSSR count). The fraction of sp³-hybridized carbons (Fsp3) is 0.130. The van der Waals surface area contributed by atoms with Gasteiger partial charge in [-0.15, -0.1) is 11.3 Å². The molecule has 0 saturated carbocycles. The monoisotopic (exact) mass is 456 g/mol. The normalized spacial score (nSPS) is 11.0. The van der Waals surface area contributed by atoms with Crippen molar-refractivity contribution in [2.45, 2.75) is 20.1 Å². The summed E-state index contributed by atoms with van der Waals surface area (Å²) >= 11 is 1.27. The Balaban J connectivity index is 1.51. The van der Waals surface area contributed by atoms with Gasteiger partial charge in [-0.1, -0.05) is 6.07 Å². The van der Waals surface area contributed by atoms with Crippen molar-refractivity contribution in [2.24, 2.45) is 0 Å². The lowest BCUT2D eigenvalue weighted by atomic mass is 10.1. The van der Waals surface area contributed by atoms with Crippen molar-refractivity contribution in [1.29, 1.82) is 0 Å². The van der Waals surface area contributed by atoms with E-state index in [1.807, 2.05) is 13.0 Å². The lowest BCUT2D eigenvalue weighted by molar-refractivity contribution is 0.0699. The van der Waals surface area contributed by atoms with Crippen LogP contribution in [0.15, 0.2) is 48.0 Å². The molecule has 0 unspecified atom stereocenters. The number of carbonyl (C=O) groups is 1. The van der Waals surface area contributed by atoms with E-state index in [4.69, 9.17) is 15.2 Å². The first-order valence-corrected chi connectivity index (χ1v) is 10.4. The third-order valence-corrected chi connectivity index (χ3v) is 5.80. The number of anilines is 1. The van der Waals surface area contributed by atoms with Crippen molar-refractivity contribution in [1.82, 2.24) is 4.98 Å². The number of nitrogens with zero attached hydrogens (tertiary/aromatic N) is 1. The summed E-state index contributed by atoms with van der Waals surface area (Å²) in [6.45, 7) is 2.09. The van der Waals surface area contributed by atoms with Gasteiger partial charge in [0, 0.05) is 23.2 Å². The van der Waals surface area contributed by atoms with Crippen LogP contribution in [0.4, 0.5) is 14.6 Å². The second-order valence-electron chi connectivity index (χ2n) is 7.13. The number of benzene rings is 2. The number of nitrogens with two attached hydrogens (primary N) is 1. The summed E-state index contributed by atoms with van der Waals surface area (Å²) in [5.41, 5.74) is 8.17. The Labute approximate surface area is 185 Å². The third-order valence-electron chi connectivity index (χ3n) is 4.74. The van der Waals surface area contributed by atoms with Crippen LogP contribution >= 0.6 is 11.3 Å². The van der Waals surface area contributed by atoms with Gasteiger partial charge >= 0.3 is 5.97 Å². The number of hydrogen-bond acceptors (Lipinski definition) is 6. The minimum Gasteiger partial charge on any atom is -0.489 e. The van der Waals surface area contributed by atoms with Crippen LogP contribution in [0.3, 0.4) is 0 Å². The van der Waals surface area contributed by atoms with E-state index >= 15 is 0 Å². The molecular formula is C23H18F2N2O4S. The highest BCUT2D eigenvalue weighted by molar-refractivity contribution is 7.17. The average Bonchev–Trinajstić information content (AvgIpc) is 3.18. The highest BCUT2D eigenvalue weighted by atomic mass is 32.1. The number of pyridine rings is 1. The van der Waals surface area contributed by atoms with Gasteiger partial charge in [0.25, 0.3) is 0 Å². The predicted molar refractivity (Wildman–Crippen MR) is 117 cm³/mol. The van der Waals surface area contributed by atoms with Gasteiger partial charge in [0.15, 0.2) is 11.6 Å². The Bertz CT molecular complexity index is 1320. The molecule has 6 nitrogen and oxygen atoms in total. The summed E-state index contributed by atoms with van der Waals surface area (Å²) < 4.78 is 38.6. The van der Waals surface area contributed by atoms with Crippen molar-refractivity contribution < 1.29 is 28.2 Å². The van der Waals surface area contributed by atoms with Crippen molar-refractivity contribution in [3.63, 3.8) is 0 Å². The zero-order valence-electron chi connectivity index (χ0n) is 16.9. The van der Waals surface area contributed by atoms with Crippen LogP contribution < -0.4 is 15.2 Å². The van der Waals surface area contributed by atoms with Crippen LogP contribution in [0.5, 0.6) is 11.5 Å². The largest absolute Gasteiger partial charge is 0.489 e. The lowest BCUT2D eigenvalue weighted by Gasteiger charge is -2.12. The lowest BCUT2D eigenvalue weighted by Crippen LogP contribution is -2.02. The Morgan fingerprint density at radius 3 is 2.50 bits per heavy atom. The Morgan fingerprint density at radius 2 is 1.81 bits per heavy atom. The summed E-state index contributed by atoms with van der Waals surface area (Å²) in [5, 5.41) is 11.7.